The molecule has 0 spiro atoms. The van der Waals surface area contributed by atoms with Gasteiger partial charge in [-0.2, -0.15) is 0 Å². The van der Waals surface area contributed by atoms with Crippen LogP contribution < -0.4 is 16.5 Å². The van der Waals surface area contributed by atoms with Gasteiger partial charge in [-0.05, 0) is 13.3 Å². The van der Waals surface area contributed by atoms with E-state index in [1.54, 1.807) is 6.92 Å². The van der Waals surface area contributed by atoms with Crippen LogP contribution in [0.15, 0.2) is 13.6 Å². The summed E-state index contributed by atoms with van der Waals surface area (Å²) in [7, 11) is 0. The van der Waals surface area contributed by atoms with Crippen LogP contribution in [0.4, 0.5) is 4.79 Å². The van der Waals surface area contributed by atoms with E-state index in [-0.39, 0.29) is 12.6 Å². The van der Waals surface area contributed by atoms with Gasteiger partial charge in [-0.1, -0.05) is 6.92 Å². The molecular weight excluding hydrogens is 200 g/mol. The molecule has 1 heterocycles. The molecule has 0 atom stereocenters. The molecular formula is C9H14N2O4. The third-order valence-electron chi connectivity index (χ3n) is 1.78. The molecule has 1 aromatic rings. The van der Waals surface area contributed by atoms with E-state index in [1.807, 2.05) is 6.92 Å². The lowest BCUT2D eigenvalue weighted by Crippen LogP contribution is -2.35. The maximum atomic E-state index is 11.1. The minimum Gasteiger partial charge on any atom is -0.396 e. The predicted molar refractivity (Wildman–Crippen MR) is 52.5 cm³/mol. The first kappa shape index (κ1) is 11.4. The van der Waals surface area contributed by atoms with E-state index in [1.165, 1.54) is 0 Å². The first-order chi connectivity index (χ1) is 7.13. The standard InChI is InChI=1S/C9H14N2O4/c1-3-4-10-8(12)11-5-7-6(2)14-9(13)15-7/h3-5H2,1-2H3,(H2,10,11,12). The molecule has 84 valence electrons. The summed E-state index contributed by atoms with van der Waals surface area (Å²) in [5, 5.41) is 5.17. The number of urea groups is 1. The molecule has 0 aliphatic carbocycles. The average molecular weight is 214 g/mol. The van der Waals surface area contributed by atoms with Gasteiger partial charge < -0.3 is 19.5 Å². The molecule has 6 nitrogen and oxygen atoms in total. The van der Waals surface area contributed by atoms with E-state index in [2.05, 4.69) is 15.1 Å². The molecule has 2 N–H and O–H groups in total. The molecule has 0 saturated carbocycles. The SMILES string of the molecule is CCCNC(=O)NCc1oc(=O)oc1C. The number of rotatable bonds is 4. The van der Waals surface area contributed by atoms with E-state index in [0.717, 1.165) is 6.42 Å². The van der Waals surface area contributed by atoms with Crippen molar-refractivity contribution in [1.29, 1.82) is 0 Å². The molecule has 1 aromatic heterocycles. The molecule has 1 rings (SSSR count). The van der Waals surface area contributed by atoms with Crippen LogP contribution in [0.25, 0.3) is 0 Å². The van der Waals surface area contributed by atoms with Gasteiger partial charge in [0.25, 0.3) is 0 Å². The maximum Gasteiger partial charge on any atom is 0.519 e. The van der Waals surface area contributed by atoms with Crippen molar-refractivity contribution in [2.45, 2.75) is 26.8 Å². The van der Waals surface area contributed by atoms with Gasteiger partial charge in [0, 0.05) is 6.54 Å². The van der Waals surface area contributed by atoms with Gasteiger partial charge in [0.05, 0.1) is 6.54 Å². The van der Waals surface area contributed by atoms with E-state index in [4.69, 9.17) is 4.42 Å². The molecule has 0 radical (unpaired) electrons. The van der Waals surface area contributed by atoms with Gasteiger partial charge in [-0.3, -0.25) is 0 Å². The Bertz CT molecular complexity index is 380. The molecule has 6 heteroatoms. The molecule has 0 fully saturated rings. The quantitative estimate of drug-likeness (QED) is 0.774. The normalized spacial score (nSPS) is 10.0. The molecule has 15 heavy (non-hydrogen) atoms. The maximum absolute atomic E-state index is 11.1. The fourth-order valence-corrected chi connectivity index (χ4v) is 0.997. The Morgan fingerprint density at radius 1 is 1.33 bits per heavy atom. The summed E-state index contributed by atoms with van der Waals surface area (Å²) in [5.41, 5.74) is 0. The Labute approximate surface area is 86.6 Å². The average Bonchev–Trinajstić information content (AvgIpc) is 2.51. The largest absolute Gasteiger partial charge is 0.519 e. The van der Waals surface area contributed by atoms with Gasteiger partial charge in [0.1, 0.15) is 5.76 Å². The number of hydrogen-bond acceptors (Lipinski definition) is 4. The summed E-state index contributed by atoms with van der Waals surface area (Å²) in [6, 6.07) is -0.292. The Kier molecular flexibility index (Phi) is 3.96. The monoisotopic (exact) mass is 214 g/mol. The Hall–Kier alpha value is -1.72. The van der Waals surface area contributed by atoms with E-state index >= 15 is 0 Å². The summed E-state index contributed by atoms with van der Waals surface area (Å²) >= 11 is 0. The molecule has 0 unspecified atom stereocenters. The second kappa shape index (κ2) is 5.23. The van der Waals surface area contributed by atoms with Crippen molar-refractivity contribution >= 4 is 6.03 Å². The Morgan fingerprint density at radius 2 is 2.07 bits per heavy atom. The predicted octanol–water partition coefficient (Wildman–Crippen LogP) is 0.750. The first-order valence-corrected chi connectivity index (χ1v) is 4.74. The summed E-state index contributed by atoms with van der Waals surface area (Å²) in [6.45, 7) is 4.32. The highest BCUT2D eigenvalue weighted by atomic mass is 16.6. The Balaban J connectivity index is 2.40. The number of hydrogen-bond donors (Lipinski definition) is 2. The first-order valence-electron chi connectivity index (χ1n) is 4.74. The van der Waals surface area contributed by atoms with Crippen LogP contribution in [0, 0.1) is 6.92 Å². The van der Waals surface area contributed by atoms with Crippen LogP contribution in [0.3, 0.4) is 0 Å². The topological polar surface area (TPSA) is 84.5 Å². The zero-order valence-electron chi connectivity index (χ0n) is 8.75. The highest BCUT2D eigenvalue weighted by Crippen LogP contribution is 2.03. The van der Waals surface area contributed by atoms with Gasteiger partial charge in [-0.25, -0.2) is 9.59 Å². The molecule has 2 amide bonds. The highest BCUT2D eigenvalue weighted by Gasteiger charge is 2.08. The number of aryl methyl sites for hydroxylation is 1. The number of nitrogens with one attached hydrogen (secondary N) is 2. The number of amides is 2. The van der Waals surface area contributed by atoms with E-state index < -0.39 is 5.82 Å². The molecule has 0 saturated heterocycles. The molecule has 0 bridgehead atoms. The second-order valence-electron chi connectivity index (χ2n) is 3.04. The van der Waals surface area contributed by atoms with Crippen molar-refractivity contribution in [2.24, 2.45) is 0 Å². The Morgan fingerprint density at radius 3 is 2.60 bits per heavy atom. The zero-order valence-corrected chi connectivity index (χ0v) is 8.75. The smallest absolute Gasteiger partial charge is 0.396 e. The third-order valence-corrected chi connectivity index (χ3v) is 1.78. The lowest BCUT2D eigenvalue weighted by molar-refractivity contribution is 0.239. The number of carbonyl (C=O) groups is 1. The summed E-state index contributed by atoms with van der Waals surface area (Å²) in [5.74, 6) is -0.0271. The summed E-state index contributed by atoms with van der Waals surface area (Å²) < 4.78 is 9.34. The number of carbonyl (C=O) groups excluding carboxylic acids is 1. The van der Waals surface area contributed by atoms with Crippen molar-refractivity contribution in [3.05, 3.63) is 22.1 Å². The highest BCUT2D eigenvalue weighted by molar-refractivity contribution is 5.73. The molecule has 0 aliphatic heterocycles. The van der Waals surface area contributed by atoms with Crippen molar-refractivity contribution in [2.75, 3.05) is 6.54 Å². The third kappa shape index (κ3) is 3.49. The zero-order chi connectivity index (χ0) is 11.3. The van der Waals surface area contributed by atoms with Crippen LogP contribution in [0.5, 0.6) is 0 Å². The lowest BCUT2D eigenvalue weighted by Gasteiger charge is -2.04. The van der Waals surface area contributed by atoms with Gasteiger partial charge >= 0.3 is 11.9 Å². The molecule has 0 aliphatic rings. The molecule has 0 aromatic carbocycles. The van der Waals surface area contributed by atoms with Crippen LogP contribution in [0.2, 0.25) is 0 Å². The van der Waals surface area contributed by atoms with Crippen LogP contribution in [-0.2, 0) is 6.54 Å². The van der Waals surface area contributed by atoms with Crippen LogP contribution >= 0.6 is 0 Å². The van der Waals surface area contributed by atoms with Gasteiger partial charge in [-0.15, -0.1) is 0 Å². The minimum atomic E-state index is -0.752. The second-order valence-corrected chi connectivity index (χ2v) is 3.04. The van der Waals surface area contributed by atoms with E-state index in [9.17, 15) is 9.59 Å². The van der Waals surface area contributed by atoms with Crippen molar-refractivity contribution in [3.8, 4) is 0 Å². The van der Waals surface area contributed by atoms with E-state index in [0.29, 0.717) is 18.1 Å². The van der Waals surface area contributed by atoms with Crippen LogP contribution in [-0.4, -0.2) is 12.6 Å². The van der Waals surface area contributed by atoms with Gasteiger partial charge in [0.2, 0.25) is 0 Å². The summed E-state index contributed by atoms with van der Waals surface area (Å²) in [4.78, 5) is 21.8. The van der Waals surface area contributed by atoms with Crippen molar-refractivity contribution in [3.63, 3.8) is 0 Å². The van der Waals surface area contributed by atoms with Crippen LogP contribution in [0.1, 0.15) is 24.9 Å². The fourth-order valence-electron chi connectivity index (χ4n) is 0.997. The fraction of sp³-hybridized carbons (Fsp3) is 0.556. The summed E-state index contributed by atoms with van der Waals surface area (Å²) in [6.07, 6.45) is 0.868. The van der Waals surface area contributed by atoms with Crippen molar-refractivity contribution < 1.29 is 13.6 Å². The van der Waals surface area contributed by atoms with Crippen molar-refractivity contribution in [1.82, 2.24) is 10.6 Å². The minimum absolute atomic E-state index is 0.146. The van der Waals surface area contributed by atoms with Gasteiger partial charge in [0.15, 0.2) is 5.76 Å². The lowest BCUT2D eigenvalue weighted by atomic mass is 10.4.